The average molecular weight is 461 g/mol. The van der Waals surface area contributed by atoms with Crippen molar-refractivity contribution in [2.75, 3.05) is 6.54 Å². The van der Waals surface area contributed by atoms with Gasteiger partial charge in [0, 0.05) is 16.7 Å². The van der Waals surface area contributed by atoms with Crippen molar-refractivity contribution < 1.29 is 56.7 Å². The Morgan fingerprint density at radius 2 is 1.25 bits per heavy atom. The van der Waals surface area contributed by atoms with Gasteiger partial charge >= 0.3 is 26.4 Å². The molecule has 0 saturated carbocycles. The number of hydrogen-bond acceptors (Lipinski definition) is 6. The molecule has 0 spiro atoms. The number of hydrogen-bond donors (Lipinski definition) is 6. The number of rotatable bonds is 7. The van der Waals surface area contributed by atoms with Gasteiger partial charge in [-0.05, 0) is 29.1 Å². The van der Waals surface area contributed by atoms with Crippen molar-refractivity contribution in [2.24, 2.45) is 0 Å². The van der Waals surface area contributed by atoms with Gasteiger partial charge in [0.25, 0.3) is 11.8 Å². The molecule has 0 atom stereocenters. The first kappa shape index (κ1) is 25.3. The van der Waals surface area contributed by atoms with Crippen LogP contribution < -0.4 is 16.2 Å². The summed E-state index contributed by atoms with van der Waals surface area (Å²) in [5, 5.41) is 47.5. The second-order valence-corrected chi connectivity index (χ2v) is 6.58. The highest BCUT2D eigenvalue weighted by molar-refractivity contribution is 6.59. The summed E-state index contributed by atoms with van der Waals surface area (Å²) in [6.07, 6.45) is -5.11. The molecule has 0 aliphatic carbocycles. The van der Waals surface area contributed by atoms with E-state index in [1.165, 1.54) is 0 Å². The van der Waals surface area contributed by atoms with Gasteiger partial charge in [-0.3, -0.25) is 9.59 Å². The fourth-order valence-corrected chi connectivity index (χ4v) is 2.68. The van der Waals surface area contributed by atoms with Crippen molar-refractivity contribution in [3.8, 4) is 0 Å². The third kappa shape index (κ3) is 5.82. The van der Waals surface area contributed by atoms with Crippen LogP contribution in [0.5, 0.6) is 0 Å². The summed E-state index contributed by atoms with van der Waals surface area (Å²) in [4.78, 5) is 22.6. The number of aliphatic carboxylic acids is 1. The maximum Gasteiger partial charge on any atom is 0.488 e. The first-order chi connectivity index (χ1) is 14.6. The Bertz CT molecular complexity index is 1030. The zero-order valence-corrected chi connectivity index (χ0v) is 15.8. The zero-order chi connectivity index (χ0) is 24.4. The van der Waals surface area contributed by atoms with E-state index in [2.05, 4.69) is 0 Å². The highest BCUT2D eigenvalue weighted by Crippen LogP contribution is 2.38. The lowest BCUT2D eigenvalue weighted by molar-refractivity contribution is -0.138. The maximum absolute atomic E-state index is 15.2. The summed E-state index contributed by atoms with van der Waals surface area (Å²) in [6, 6.07) is 2.57. The van der Waals surface area contributed by atoms with E-state index in [0.717, 1.165) is 6.07 Å². The number of carbonyl (C=O) groups excluding carboxylic acids is 1. The molecule has 0 aromatic heterocycles. The number of benzene rings is 2. The Balaban J connectivity index is 2.66. The minimum Gasteiger partial charge on any atom is -0.480 e. The molecule has 8 nitrogen and oxygen atoms in total. The smallest absolute Gasteiger partial charge is 0.480 e. The van der Waals surface area contributed by atoms with Gasteiger partial charge in [-0.2, -0.15) is 22.0 Å². The van der Waals surface area contributed by atoms with Gasteiger partial charge in [0.1, 0.15) is 6.54 Å². The molecule has 0 fully saturated rings. The molecule has 0 aliphatic rings. The van der Waals surface area contributed by atoms with E-state index >= 15 is 8.78 Å². The molecule has 2 aromatic carbocycles. The number of halogens is 5. The number of nitrogens with one attached hydrogen (secondary N) is 1. The fraction of sp³-hybridized carbons (Fsp3) is 0.176. The summed E-state index contributed by atoms with van der Waals surface area (Å²) in [7, 11) is -4.86. The Morgan fingerprint density at radius 1 is 0.781 bits per heavy atom. The predicted molar refractivity (Wildman–Crippen MR) is 101 cm³/mol. The van der Waals surface area contributed by atoms with Crippen LogP contribution in [-0.4, -0.2) is 57.9 Å². The molecule has 0 bridgehead atoms. The largest absolute Gasteiger partial charge is 0.488 e. The van der Waals surface area contributed by atoms with Gasteiger partial charge in [0.2, 0.25) is 0 Å². The van der Waals surface area contributed by atoms with Crippen molar-refractivity contribution >= 4 is 37.0 Å². The lowest BCUT2D eigenvalue weighted by Crippen LogP contribution is -2.35. The lowest BCUT2D eigenvalue weighted by atomic mass is 9.76. The standard InChI is InChI=1S/C17H14B2F5NO7/c20-16(21,10-3-11(17(22,23)24)6-13(5-10)19(31)32)9-1-8(2-12(4-9)18(29)30)15(28)25-7-14(26)27/h1-6,29-32H,7H2,(H,25,28)(H,26,27). The summed E-state index contributed by atoms with van der Waals surface area (Å²) < 4.78 is 69.7. The van der Waals surface area contributed by atoms with E-state index < -0.39 is 77.9 Å². The molecule has 32 heavy (non-hydrogen) atoms. The van der Waals surface area contributed by atoms with Crippen LogP contribution in [0.4, 0.5) is 22.0 Å². The number of carboxylic acid groups (broad SMARTS) is 1. The van der Waals surface area contributed by atoms with E-state index in [1.54, 1.807) is 0 Å². The van der Waals surface area contributed by atoms with Crippen LogP contribution in [0.25, 0.3) is 0 Å². The van der Waals surface area contributed by atoms with Gasteiger partial charge in [0.05, 0.1) is 5.56 Å². The Hall–Kier alpha value is -3.00. The van der Waals surface area contributed by atoms with Crippen LogP contribution in [-0.2, 0) is 16.9 Å². The van der Waals surface area contributed by atoms with Crippen LogP contribution in [0.2, 0.25) is 0 Å². The molecule has 0 aliphatic heterocycles. The molecule has 2 aromatic rings. The zero-order valence-electron chi connectivity index (χ0n) is 15.8. The fourth-order valence-electron chi connectivity index (χ4n) is 2.68. The van der Waals surface area contributed by atoms with Crippen molar-refractivity contribution in [3.05, 3.63) is 58.7 Å². The molecule has 6 N–H and O–H groups in total. The van der Waals surface area contributed by atoms with E-state index in [9.17, 15) is 42.9 Å². The average Bonchev–Trinajstić information content (AvgIpc) is 2.70. The molecule has 2 rings (SSSR count). The molecule has 0 radical (unpaired) electrons. The highest BCUT2D eigenvalue weighted by atomic mass is 19.4. The second-order valence-electron chi connectivity index (χ2n) is 6.58. The van der Waals surface area contributed by atoms with Gasteiger partial charge in [-0.15, -0.1) is 0 Å². The van der Waals surface area contributed by atoms with Gasteiger partial charge in [-0.25, -0.2) is 0 Å². The summed E-state index contributed by atoms with van der Waals surface area (Å²) in [6.45, 7) is -0.887. The van der Waals surface area contributed by atoms with Gasteiger partial charge in [-0.1, -0.05) is 18.2 Å². The van der Waals surface area contributed by atoms with Crippen molar-refractivity contribution in [1.29, 1.82) is 0 Å². The summed E-state index contributed by atoms with van der Waals surface area (Å²) in [5.41, 5.74) is -6.20. The second kappa shape index (κ2) is 9.24. The number of carbonyl (C=O) groups is 2. The quantitative estimate of drug-likeness (QED) is 0.230. The van der Waals surface area contributed by atoms with Crippen LogP contribution in [0.1, 0.15) is 27.0 Å². The van der Waals surface area contributed by atoms with Crippen molar-refractivity contribution in [3.63, 3.8) is 0 Å². The lowest BCUT2D eigenvalue weighted by Gasteiger charge is -2.21. The third-order valence-electron chi connectivity index (χ3n) is 4.22. The molecular formula is C17H14B2F5NO7. The van der Waals surface area contributed by atoms with Crippen LogP contribution >= 0.6 is 0 Å². The van der Waals surface area contributed by atoms with Gasteiger partial charge in [0.15, 0.2) is 0 Å². The topological polar surface area (TPSA) is 147 Å². The molecule has 0 saturated heterocycles. The van der Waals surface area contributed by atoms with E-state index in [0.29, 0.717) is 18.2 Å². The summed E-state index contributed by atoms with van der Waals surface area (Å²) >= 11 is 0. The SMILES string of the molecule is O=C(O)CNC(=O)c1cc(B(O)O)cc(C(F)(F)c2cc(B(O)O)cc(C(F)(F)F)c2)c1. The number of carboxylic acids is 1. The molecule has 0 heterocycles. The number of amides is 1. The normalized spacial score (nSPS) is 11.8. The van der Waals surface area contributed by atoms with Gasteiger partial charge < -0.3 is 30.5 Å². The Labute approximate surface area is 177 Å². The highest BCUT2D eigenvalue weighted by Gasteiger charge is 2.40. The van der Waals surface area contributed by atoms with Crippen molar-refractivity contribution in [1.82, 2.24) is 5.32 Å². The van der Waals surface area contributed by atoms with Crippen molar-refractivity contribution in [2.45, 2.75) is 12.1 Å². The monoisotopic (exact) mass is 461 g/mol. The molecule has 170 valence electrons. The van der Waals surface area contributed by atoms with E-state index in [-0.39, 0.29) is 12.1 Å². The number of alkyl halides is 5. The predicted octanol–water partition coefficient (Wildman–Crippen LogP) is -0.980. The summed E-state index contributed by atoms with van der Waals surface area (Å²) in [5.74, 6) is -6.92. The Kier molecular flexibility index (Phi) is 7.29. The first-order valence-electron chi connectivity index (χ1n) is 8.61. The van der Waals surface area contributed by atoms with Crippen LogP contribution in [0.3, 0.4) is 0 Å². The Morgan fingerprint density at radius 3 is 1.72 bits per heavy atom. The van der Waals surface area contributed by atoms with Crippen LogP contribution in [0, 0.1) is 0 Å². The molecule has 1 amide bonds. The maximum atomic E-state index is 15.2. The molecule has 15 heteroatoms. The van der Waals surface area contributed by atoms with Crippen LogP contribution in [0.15, 0.2) is 36.4 Å². The first-order valence-corrected chi connectivity index (χ1v) is 8.61. The molecule has 0 unspecified atom stereocenters. The van der Waals surface area contributed by atoms with E-state index in [1.807, 2.05) is 5.32 Å². The molecular weight excluding hydrogens is 447 g/mol. The van der Waals surface area contributed by atoms with E-state index in [4.69, 9.17) is 5.11 Å². The third-order valence-corrected chi connectivity index (χ3v) is 4.22. The minimum atomic E-state index is -5.11. The minimum absolute atomic E-state index is 0.0676.